The largest absolute Gasteiger partial charge is 0.745 e. The molecule has 2 aromatic carbocycles. The lowest BCUT2D eigenvalue weighted by Crippen LogP contribution is -2.40. The van der Waals surface area contributed by atoms with Gasteiger partial charge in [0, 0.05) is 31.3 Å². The summed E-state index contributed by atoms with van der Waals surface area (Å²) in [6, 6.07) is 4.43. The minimum absolute atomic E-state index is 0.0268. The number of unbranched alkanes of at least 4 members (excludes halogenated alkanes) is 1. The number of anilines is 2. The summed E-state index contributed by atoms with van der Waals surface area (Å²) in [5, 5.41) is -0.727. The molecule has 45 heavy (non-hydrogen) atoms. The van der Waals surface area contributed by atoms with E-state index in [1.165, 1.54) is 24.3 Å². The molecule has 2 heterocycles. The van der Waals surface area contributed by atoms with Gasteiger partial charge >= 0.3 is 6.18 Å². The van der Waals surface area contributed by atoms with Crippen molar-refractivity contribution in [2.75, 3.05) is 28.6 Å². The van der Waals surface area contributed by atoms with Gasteiger partial charge in [0.15, 0.2) is 16.9 Å². The third kappa shape index (κ3) is 7.74. The molecule has 4 rings (SSSR count). The molecule has 0 atom stereocenters. The maximum absolute atomic E-state index is 14.4. The Balaban J connectivity index is 1.85. The average molecular weight is 716 g/mol. The fourth-order valence-electron chi connectivity index (χ4n) is 5.27. The molecule has 0 radical (unpaired) electrons. The molecule has 0 fully saturated rings. The van der Waals surface area contributed by atoms with E-state index < -0.39 is 54.4 Å². The molecule has 246 valence electrons. The van der Waals surface area contributed by atoms with E-state index >= 15 is 0 Å². The van der Waals surface area contributed by atoms with E-state index in [1.54, 1.807) is 34.3 Å². The van der Waals surface area contributed by atoms with Crippen LogP contribution in [0.2, 0.25) is 10.0 Å². The fourth-order valence-corrected chi connectivity index (χ4v) is 6.85. The molecule has 0 aliphatic carbocycles. The van der Waals surface area contributed by atoms with Crippen molar-refractivity contribution >= 4 is 71.9 Å². The first-order valence-electron chi connectivity index (χ1n) is 13.5. The number of benzene rings is 2. The minimum atomic E-state index is -4.84. The van der Waals surface area contributed by atoms with Crippen LogP contribution in [0.3, 0.4) is 0 Å². The first kappa shape index (κ1) is 35.0. The molecule has 0 spiro atoms. The smallest absolute Gasteiger partial charge is 0.417 e. The van der Waals surface area contributed by atoms with Crippen LogP contribution in [0.5, 0.6) is 0 Å². The summed E-state index contributed by atoms with van der Waals surface area (Å²) in [4.78, 5) is 3.24. The van der Waals surface area contributed by atoms with E-state index in [1.807, 2.05) is 0 Å². The third-order valence-electron chi connectivity index (χ3n) is 7.10. The Labute approximate surface area is 267 Å². The van der Waals surface area contributed by atoms with Crippen LogP contribution < -0.4 is 14.4 Å². The lowest BCUT2D eigenvalue weighted by Gasteiger charge is -2.24. The maximum Gasteiger partial charge on any atom is 0.417 e. The first-order chi connectivity index (χ1) is 20.9. The summed E-state index contributed by atoms with van der Waals surface area (Å²) < 4.78 is 125. The van der Waals surface area contributed by atoms with Gasteiger partial charge in [-0.2, -0.15) is 21.6 Å². The van der Waals surface area contributed by atoms with Crippen LogP contribution in [-0.2, 0) is 38.8 Å². The standard InChI is InChI=1S/C27H28Cl2F4N4O6S2/c1-3-34-22-13-18(28)17(27(31,32)33)12-21(22)36(10-5-6-11-44(38,39)40)25(34)8-7-9-26-35(4-2)23-14-19(29)20(30)15-24(23)37(26)16-45(41,42)43/h7-9,12-15H,3-6,10-11,16H2,1-2H3,(H-,38,39,40,41,42,43). The van der Waals surface area contributed by atoms with Gasteiger partial charge in [-0.05, 0) is 44.9 Å². The second-order valence-electron chi connectivity index (χ2n) is 10.1. The van der Waals surface area contributed by atoms with Gasteiger partial charge in [-0.3, -0.25) is 4.55 Å². The number of halogens is 6. The number of nitrogens with zero attached hydrogens (tertiary/aromatic N) is 4. The highest BCUT2D eigenvalue weighted by molar-refractivity contribution is 7.85. The van der Waals surface area contributed by atoms with E-state index in [2.05, 4.69) is 0 Å². The van der Waals surface area contributed by atoms with Crippen LogP contribution in [-0.4, -0.2) is 49.4 Å². The number of hydrogen-bond donors (Lipinski definition) is 1. The number of aromatic nitrogens is 2. The molecule has 1 aliphatic rings. The molecule has 3 aromatic rings. The van der Waals surface area contributed by atoms with Crippen molar-refractivity contribution in [2.24, 2.45) is 0 Å². The van der Waals surface area contributed by atoms with E-state index in [9.17, 15) is 39.0 Å². The normalized spacial score (nSPS) is 15.3. The number of hydrogen-bond acceptors (Lipinski definition) is 7. The predicted molar refractivity (Wildman–Crippen MR) is 162 cm³/mol. The van der Waals surface area contributed by atoms with E-state index in [-0.39, 0.29) is 54.5 Å². The molecular weight excluding hydrogens is 687 g/mol. The summed E-state index contributed by atoms with van der Waals surface area (Å²) in [6.07, 6.45) is -0.0342. The fraction of sp³-hybridized carbons (Fsp3) is 0.370. The Kier molecular flexibility index (Phi) is 10.2. The number of fused-ring (bicyclic) bond motifs is 2. The van der Waals surface area contributed by atoms with Gasteiger partial charge in [0.05, 0.1) is 39.3 Å². The van der Waals surface area contributed by atoms with Crippen molar-refractivity contribution in [2.45, 2.75) is 45.3 Å². The highest BCUT2D eigenvalue weighted by atomic mass is 35.5. The zero-order valence-corrected chi connectivity index (χ0v) is 27.0. The van der Waals surface area contributed by atoms with E-state index in [0.717, 1.165) is 16.7 Å². The number of imidazole rings is 1. The molecule has 0 bridgehead atoms. The molecule has 1 aliphatic heterocycles. The second kappa shape index (κ2) is 13.1. The van der Waals surface area contributed by atoms with Gasteiger partial charge in [-0.15, -0.1) is 0 Å². The highest BCUT2D eigenvalue weighted by Gasteiger charge is 2.38. The predicted octanol–water partition coefficient (Wildman–Crippen LogP) is 5.79. The first-order valence-corrected chi connectivity index (χ1v) is 17.4. The van der Waals surface area contributed by atoms with Gasteiger partial charge in [0.2, 0.25) is 0 Å². The Morgan fingerprint density at radius 1 is 0.978 bits per heavy atom. The number of alkyl halides is 3. The number of aryl methyl sites for hydroxylation is 1. The molecule has 0 amide bonds. The van der Waals surface area contributed by atoms with Crippen molar-refractivity contribution in [3.8, 4) is 0 Å². The van der Waals surface area contributed by atoms with Crippen molar-refractivity contribution in [3.05, 3.63) is 69.5 Å². The second-order valence-corrected chi connectivity index (χ2v) is 13.8. The van der Waals surface area contributed by atoms with Crippen LogP contribution in [0.15, 0.2) is 42.2 Å². The Morgan fingerprint density at radius 3 is 2.22 bits per heavy atom. The van der Waals surface area contributed by atoms with Crippen molar-refractivity contribution < 1.29 is 48.1 Å². The Morgan fingerprint density at radius 2 is 1.64 bits per heavy atom. The van der Waals surface area contributed by atoms with Crippen LogP contribution in [0.1, 0.15) is 38.1 Å². The lowest BCUT2D eigenvalue weighted by atomic mass is 10.1. The molecule has 10 nitrogen and oxygen atoms in total. The monoisotopic (exact) mass is 714 g/mol. The average Bonchev–Trinajstić information content (AvgIpc) is 3.34. The van der Waals surface area contributed by atoms with Gasteiger partial charge in [0.25, 0.3) is 15.9 Å². The molecule has 0 unspecified atom stereocenters. The molecule has 1 N–H and O–H groups in total. The molecular formula is C27H28Cl2F4N4O6S2. The van der Waals surface area contributed by atoms with Crippen molar-refractivity contribution in [3.63, 3.8) is 0 Å². The molecule has 18 heteroatoms. The maximum atomic E-state index is 14.4. The number of rotatable bonds is 11. The summed E-state index contributed by atoms with van der Waals surface area (Å²) in [5.74, 6) is -1.78. The summed E-state index contributed by atoms with van der Waals surface area (Å²) >= 11 is 12.0. The van der Waals surface area contributed by atoms with E-state index in [0.29, 0.717) is 17.0 Å². The molecule has 0 saturated carbocycles. The van der Waals surface area contributed by atoms with Gasteiger partial charge in [-0.25, -0.2) is 21.9 Å². The lowest BCUT2D eigenvalue weighted by molar-refractivity contribution is -0.654. The molecule has 1 aromatic heterocycles. The van der Waals surface area contributed by atoms with Crippen molar-refractivity contribution in [1.29, 1.82) is 0 Å². The van der Waals surface area contributed by atoms with Gasteiger partial charge < -0.3 is 14.4 Å². The summed E-state index contributed by atoms with van der Waals surface area (Å²) in [5.41, 5.74) is -0.0654. The van der Waals surface area contributed by atoms with Crippen LogP contribution in [0, 0.1) is 5.82 Å². The molecule has 0 saturated heterocycles. The highest BCUT2D eigenvalue weighted by Crippen LogP contribution is 2.47. The summed E-state index contributed by atoms with van der Waals surface area (Å²) in [7, 11) is -9.09. The van der Waals surface area contributed by atoms with E-state index in [4.69, 9.17) is 27.8 Å². The number of allylic oxidation sites excluding steroid dienone is 2. The Hall–Kier alpha value is -2.89. The summed E-state index contributed by atoms with van der Waals surface area (Å²) in [6.45, 7) is 4.13. The zero-order valence-electron chi connectivity index (χ0n) is 23.9. The van der Waals surface area contributed by atoms with Gasteiger partial charge in [-0.1, -0.05) is 29.3 Å². The quantitative estimate of drug-likeness (QED) is 0.115. The zero-order chi connectivity index (χ0) is 33.5. The minimum Gasteiger partial charge on any atom is -0.745 e. The van der Waals surface area contributed by atoms with Crippen molar-refractivity contribution in [1.82, 2.24) is 4.57 Å². The Bertz CT molecular complexity index is 1910. The van der Waals surface area contributed by atoms with Gasteiger partial charge in [0.1, 0.15) is 21.8 Å². The van der Waals surface area contributed by atoms with Crippen LogP contribution in [0.4, 0.5) is 28.9 Å². The van der Waals surface area contributed by atoms with Crippen LogP contribution in [0.25, 0.3) is 17.1 Å². The van der Waals surface area contributed by atoms with Crippen LogP contribution >= 0.6 is 23.2 Å². The third-order valence-corrected chi connectivity index (χ3v) is 9.08. The topological polar surface area (TPSA) is 127 Å². The SMILES string of the molecule is CCN1C(=CC=Cc2n(CC)c3cc(Cl)c(F)cc3[n+]2CS(=O)(=O)[O-])N(CCCCS(=O)(=O)O)c2cc(C(F)(F)F)c(Cl)cc21.